The normalized spacial score (nSPS) is 12.6. The van der Waals surface area contributed by atoms with Crippen molar-refractivity contribution in [1.82, 2.24) is 9.78 Å². The van der Waals surface area contributed by atoms with Crippen LogP contribution in [0.2, 0.25) is 5.02 Å². The van der Waals surface area contributed by atoms with Crippen LogP contribution in [0.5, 0.6) is 0 Å². The van der Waals surface area contributed by atoms with Gasteiger partial charge in [-0.05, 0) is 31.2 Å². The van der Waals surface area contributed by atoms with Gasteiger partial charge in [-0.25, -0.2) is 0 Å². The maximum atomic E-state index is 12.2. The second-order valence-electron chi connectivity index (χ2n) is 4.03. The van der Waals surface area contributed by atoms with Crippen LogP contribution in [0.25, 0.3) is 0 Å². The molecule has 96 valence electrons. The molecule has 0 spiro atoms. The molecule has 0 fully saturated rings. The number of rotatable bonds is 3. The maximum Gasteiger partial charge on any atom is 0.0856 e. The highest BCUT2D eigenvalue weighted by Gasteiger charge is 2.14. The molecule has 0 bridgehead atoms. The molecular weight excluding hydrogens is 270 g/mol. The minimum Gasteiger partial charge on any atom is -0.399 e. The summed E-state index contributed by atoms with van der Waals surface area (Å²) in [5, 5.41) is 4.79. The van der Waals surface area contributed by atoms with E-state index >= 15 is 0 Å². The molecule has 0 aliphatic heterocycles. The van der Waals surface area contributed by atoms with E-state index in [1.807, 2.05) is 6.92 Å². The highest BCUT2D eigenvalue weighted by molar-refractivity contribution is 7.84. The van der Waals surface area contributed by atoms with Gasteiger partial charge in [-0.2, -0.15) is 5.10 Å². The molecular formula is C12H14ClN3OS. The van der Waals surface area contributed by atoms with Crippen molar-refractivity contribution < 1.29 is 4.21 Å². The molecule has 1 aromatic heterocycles. The highest BCUT2D eigenvalue weighted by Crippen LogP contribution is 2.22. The fourth-order valence-electron chi connectivity index (χ4n) is 1.66. The molecule has 18 heavy (non-hydrogen) atoms. The first-order chi connectivity index (χ1) is 8.49. The number of hydrogen-bond acceptors (Lipinski definition) is 3. The average Bonchev–Trinajstić information content (AvgIpc) is 2.57. The van der Waals surface area contributed by atoms with Gasteiger partial charge in [0.05, 0.1) is 33.0 Å². The summed E-state index contributed by atoms with van der Waals surface area (Å²) >= 11 is 6.13. The second-order valence-corrected chi connectivity index (χ2v) is 5.86. The maximum absolute atomic E-state index is 12.2. The molecule has 1 aromatic carbocycles. The minimum absolute atomic E-state index is 0.347. The Morgan fingerprint density at radius 2 is 2.00 bits per heavy atom. The zero-order valence-electron chi connectivity index (χ0n) is 10.2. The Morgan fingerprint density at radius 1 is 1.39 bits per heavy atom. The van der Waals surface area contributed by atoms with Crippen molar-refractivity contribution >= 4 is 28.1 Å². The first-order valence-electron chi connectivity index (χ1n) is 5.41. The van der Waals surface area contributed by atoms with Crippen LogP contribution in [-0.4, -0.2) is 14.0 Å². The summed E-state index contributed by atoms with van der Waals surface area (Å²) < 4.78 is 13.9. The van der Waals surface area contributed by atoms with E-state index in [-0.39, 0.29) is 0 Å². The molecule has 2 rings (SSSR count). The fourth-order valence-corrected chi connectivity index (χ4v) is 3.16. The largest absolute Gasteiger partial charge is 0.399 e. The number of anilines is 1. The Morgan fingerprint density at radius 3 is 2.50 bits per heavy atom. The standard InChI is InChI=1S/C12H14ClN3OS/c1-8-12(13)11(16(2)15-8)7-18(17)10-5-3-9(14)4-6-10/h3-6H,7,14H2,1-2H3. The van der Waals surface area contributed by atoms with E-state index in [1.165, 1.54) is 0 Å². The molecule has 4 nitrogen and oxygen atoms in total. The van der Waals surface area contributed by atoms with Crippen LogP contribution in [0.15, 0.2) is 29.2 Å². The number of halogens is 1. The highest BCUT2D eigenvalue weighted by atomic mass is 35.5. The van der Waals surface area contributed by atoms with E-state index in [4.69, 9.17) is 17.3 Å². The Hall–Kier alpha value is -1.33. The summed E-state index contributed by atoms with van der Waals surface area (Å²) in [4.78, 5) is 0.735. The van der Waals surface area contributed by atoms with Gasteiger partial charge in [-0.1, -0.05) is 11.6 Å². The third-order valence-corrected chi connectivity index (χ3v) is 4.50. The number of aromatic nitrogens is 2. The lowest BCUT2D eigenvalue weighted by atomic mass is 10.3. The van der Waals surface area contributed by atoms with Gasteiger partial charge in [0.2, 0.25) is 0 Å². The summed E-state index contributed by atoms with van der Waals surface area (Å²) in [7, 11) is 0.649. The van der Waals surface area contributed by atoms with E-state index in [0.717, 1.165) is 16.3 Å². The molecule has 0 aliphatic carbocycles. The van der Waals surface area contributed by atoms with Crippen LogP contribution in [-0.2, 0) is 23.6 Å². The zero-order chi connectivity index (χ0) is 13.3. The summed E-state index contributed by atoms with van der Waals surface area (Å²) in [6, 6.07) is 7.01. The van der Waals surface area contributed by atoms with Crippen molar-refractivity contribution in [2.45, 2.75) is 17.6 Å². The van der Waals surface area contributed by atoms with Crippen molar-refractivity contribution in [3.63, 3.8) is 0 Å². The van der Waals surface area contributed by atoms with Gasteiger partial charge >= 0.3 is 0 Å². The van der Waals surface area contributed by atoms with Gasteiger partial charge in [0, 0.05) is 17.6 Å². The van der Waals surface area contributed by atoms with Crippen molar-refractivity contribution in [3.05, 3.63) is 40.7 Å². The second kappa shape index (κ2) is 5.12. The molecule has 0 amide bonds. The molecule has 0 saturated heterocycles. The molecule has 1 atom stereocenters. The summed E-state index contributed by atoms with van der Waals surface area (Å²) in [6.45, 7) is 1.83. The number of aryl methyl sites for hydroxylation is 2. The molecule has 0 saturated carbocycles. The monoisotopic (exact) mass is 283 g/mol. The molecule has 0 radical (unpaired) electrons. The summed E-state index contributed by atoms with van der Waals surface area (Å²) in [6.07, 6.45) is 0. The lowest BCUT2D eigenvalue weighted by Gasteiger charge is -2.04. The van der Waals surface area contributed by atoms with Gasteiger partial charge in [0.1, 0.15) is 0 Å². The minimum atomic E-state index is -1.15. The third kappa shape index (κ3) is 2.57. The predicted molar refractivity (Wildman–Crippen MR) is 73.9 cm³/mol. The summed E-state index contributed by atoms with van der Waals surface area (Å²) in [5.41, 5.74) is 7.79. The van der Waals surface area contributed by atoms with E-state index in [2.05, 4.69) is 5.10 Å². The molecule has 6 heteroatoms. The van der Waals surface area contributed by atoms with Gasteiger partial charge in [0.15, 0.2) is 0 Å². The molecule has 2 N–H and O–H groups in total. The van der Waals surface area contributed by atoms with Gasteiger partial charge in [0.25, 0.3) is 0 Å². The van der Waals surface area contributed by atoms with E-state index < -0.39 is 10.8 Å². The quantitative estimate of drug-likeness (QED) is 0.879. The zero-order valence-corrected chi connectivity index (χ0v) is 11.8. The van der Waals surface area contributed by atoms with Gasteiger partial charge in [-0.3, -0.25) is 8.89 Å². The number of hydrogen-bond donors (Lipinski definition) is 1. The van der Waals surface area contributed by atoms with E-state index in [0.29, 0.717) is 16.5 Å². The smallest absolute Gasteiger partial charge is 0.0856 e. The van der Waals surface area contributed by atoms with E-state index in [9.17, 15) is 4.21 Å². The average molecular weight is 284 g/mol. The Kier molecular flexibility index (Phi) is 3.73. The van der Waals surface area contributed by atoms with Crippen LogP contribution >= 0.6 is 11.6 Å². The lowest BCUT2D eigenvalue weighted by molar-refractivity contribution is 0.676. The first-order valence-corrected chi connectivity index (χ1v) is 7.10. The number of nitrogens with two attached hydrogens (primary N) is 1. The van der Waals surface area contributed by atoms with Crippen LogP contribution in [0.4, 0.5) is 5.69 Å². The Balaban J connectivity index is 2.24. The van der Waals surface area contributed by atoms with Gasteiger partial charge in [-0.15, -0.1) is 0 Å². The SMILES string of the molecule is Cc1nn(C)c(CS(=O)c2ccc(N)cc2)c1Cl. The van der Waals surface area contributed by atoms with Crippen LogP contribution in [0.1, 0.15) is 11.4 Å². The predicted octanol–water partition coefficient (Wildman–Crippen LogP) is 2.27. The van der Waals surface area contributed by atoms with Crippen LogP contribution in [0.3, 0.4) is 0 Å². The molecule has 0 aliphatic rings. The first kappa shape index (κ1) is 13.1. The van der Waals surface area contributed by atoms with Crippen molar-refractivity contribution in [3.8, 4) is 0 Å². The number of nitrogen functional groups attached to an aromatic ring is 1. The van der Waals surface area contributed by atoms with Crippen molar-refractivity contribution in [2.24, 2.45) is 7.05 Å². The molecule has 1 unspecified atom stereocenters. The van der Waals surface area contributed by atoms with Crippen molar-refractivity contribution in [2.75, 3.05) is 5.73 Å². The fraction of sp³-hybridized carbons (Fsp3) is 0.250. The lowest BCUT2D eigenvalue weighted by Crippen LogP contribution is -2.03. The number of nitrogens with zero attached hydrogens (tertiary/aromatic N) is 2. The van der Waals surface area contributed by atoms with E-state index in [1.54, 1.807) is 36.0 Å². The number of benzene rings is 1. The molecule has 1 heterocycles. The Bertz CT molecular complexity index is 592. The third-order valence-electron chi connectivity index (χ3n) is 2.67. The summed E-state index contributed by atoms with van der Waals surface area (Å²) in [5.74, 6) is 0.347. The molecule has 2 aromatic rings. The topological polar surface area (TPSA) is 60.9 Å². The van der Waals surface area contributed by atoms with Crippen molar-refractivity contribution in [1.29, 1.82) is 0 Å². The Labute approximate surface area is 113 Å². The van der Waals surface area contributed by atoms with Gasteiger partial charge < -0.3 is 5.73 Å². The van der Waals surface area contributed by atoms with Crippen LogP contribution in [0, 0.1) is 6.92 Å². The van der Waals surface area contributed by atoms with Crippen LogP contribution < -0.4 is 5.73 Å².